The maximum Gasteiger partial charge on any atom is 0.123 e. The van der Waals surface area contributed by atoms with Crippen molar-refractivity contribution in [2.24, 2.45) is 0 Å². The highest BCUT2D eigenvalue weighted by Gasteiger charge is 2.03. The van der Waals surface area contributed by atoms with Crippen LogP contribution < -0.4 is 0 Å². The Morgan fingerprint density at radius 3 is 2.88 bits per heavy atom. The Morgan fingerprint density at radius 1 is 1.44 bits per heavy atom. The molecule has 0 atom stereocenters. The van der Waals surface area contributed by atoms with Crippen molar-refractivity contribution < 1.29 is 4.39 Å². The summed E-state index contributed by atoms with van der Waals surface area (Å²) in [6.07, 6.45) is 1.46. The van der Waals surface area contributed by atoms with E-state index in [2.05, 4.69) is 17.9 Å². The van der Waals surface area contributed by atoms with E-state index in [0.717, 1.165) is 31.6 Å². The average molecular weight is 220 g/mol. The molecule has 0 spiro atoms. The minimum Gasteiger partial charge on any atom is -0.299 e. The molecule has 0 aliphatic heterocycles. The SMILES string of the molecule is CCN(CCCC#N)Cc1cccc(F)c1. The van der Waals surface area contributed by atoms with Crippen LogP contribution in [0.2, 0.25) is 0 Å². The number of nitriles is 1. The molecular weight excluding hydrogens is 203 g/mol. The molecule has 0 aromatic heterocycles. The monoisotopic (exact) mass is 220 g/mol. The maximum absolute atomic E-state index is 13.0. The van der Waals surface area contributed by atoms with Gasteiger partial charge in [-0.1, -0.05) is 19.1 Å². The van der Waals surface area contributed by atoms with Crippen LogP contribution in [0.25, 0.3) is 0 Å². The second kappa shape index (κ2) is 6.97. The first-order chi connectivity index (χ1) is 7.76. The molecule has 0 aliphatic rings. The molecule has 0 radical (unpaired) electrons. The van der Waals surface area contributed by atoms with E-state index in [1.807, 2.05) is 6.07 Å². The lowest BCUT2D eigenvalue weighted by Crippen LogP contribution is -2.23. The van der Waals surface area contributed by atoms with Crippen molar-refractivity contribution in [2.45, 2.75) is 26.3 Å². The summed E-state index contributed by atoms with van der Waals surface area (Å²) >= 11 is 0. The molecule has 0 N–H and O–H groups in total. The third-order valence-electron chi connectivity index (χ3n) is 2.51. The summed E-state index contributed by atoms with van der Waals surface area (Å²) in [6.45, 7) is 4.63. The second-order valence-corrected chi connectivity index (χ2v) is 3.76. The van der Waals surface area contributed by atoms with Gasteiger partial charge in [-0.15, -0.1) is 0 Å². The van der Waals surface area contributed by atoms with Gasteiger partial charge in [0.2, 0.25) is 0 Å². The minimum atomic E-state index is -0.189. The van der Waals surface area contributed by atoms with Gasteiger partial charge < -0.3 is 0 Å². The minimum absolute atomic E-state index is 0.189. The van der Waals surface area contributed by atoms with Crippen molar-refractivity contribution in [3.05, 3.63) is 35.6 Å². The number of benzene rings is 1. The zero-order valence-corrected chi connectivity index (χ0v) is 9.62. The number of hydrogen-bond acceptors (Lipinski definition) is 2. The zero-order valence-electron chi connectivity index (χ0n) is 9.62. The highest BCUT2D eigenvalue weighted by Crippen LogP contribution is 2.07. The molecule has 1 rings (SSSR count). The summed E-state index contributed by atoms with van der Waals surface area (Å²) in [6, 6.07) is 8.81. The molecule has 0 saturated heterocycles. The molecule has 0 heterocycles. The first kappa shape index (κ1) is 12.7. The molecule has 0 aliphatic carbocycles. The highest BCUT2D eigenvalue weighted by molar-refractivity contribution is 5.16. The van der Waals surface area contributed by atoms with Gasteiger partial charge in [0.25, 0.3) is 0 Å². The number of hydrogen-bond donors (Lipinski definition) is 0. The van der Waals surface area contributed by atoms with Crippen LogP contribution in [0.1, 0.15) is 25.3 Å². The lowest BCUT2D eigenvalue weighted by Gasteiger charge is -2.19. The molecule has 2 nitrogen and oxygen atoms in total. The van der Waals surface area contributed by atoms with Crippen LogP contribution in [-0.4, -0.2) is 18.0 Å². The van der Waals surface area contributed by atoms with E-state index in [1.165, 1.54) is 6.07 Å². The molecule has 1 aromatic carbocycles. The summed E-state index contributed by atoms with van der Waals surface area (Å²) in [4.78, 5) is 2.21. The van der Waals surface area contributed by atoms with Gasteiger partial charge in [0.05, 0.1) is 6.07 Å². The van der Waals surface area contributed by atoms with Crippen LogP contribution in [0.4, 0.5) is 4.39 Å². The van der Waals surface area contributed by atoms with Gasteiger partial charge >= 0.3 is 0 Å². The molecule has 0 bridgehead atoms. The fourth-order valence-corrected chi connectivity index (χ4v) is 1.62. The molecule has 86 valence electrons. The third-order valence-corrected chi connectivity index (χ3v) is 2.51. The van der Waals surface area contributed by atoms with E-state index in [-0.39, 0.29) is 5.82 Å². The van der Waals surface area contributed by atoms with E-state index in [0.29, 0.717) is 6.42 Å². The summed E-state index contributed by atoms with van der Waals surface area (Å²) in [5.41, 5.74) is 0.985. The predicted molar refractivity (Wildman–Crippen MR) is 62.2 cm³/mol. The first-order valence-corrected chi connectivity index (χ1v) is 5.60. The van der Waals surface area contributed by atoms with Crippen molar-refractivity contribution >= 4 is 0 Å². The largest absolute Gasteiger partial charge is 0.299 e. The fourth-order valence-electron chi connectivity index (χ4n) is 1.62. The van der Waals surface area contributed by atoms with Gasteiger partial charge in [-0.05, 0) is 37.2 Å². The van der Waals surface area contributed by atoms with Gasteiger partial charge in [-0.2, -0.15) is 5.26 Å². The molecule has 1 aromatic rings. The van der Waals surface area contributed by atoms with E-state index in [1.54, 1.807) is 12.1 Å². The van der Waals surface area contributed by atoms with Gasteiger partial charge in [-0.3, -0.25) is 4.90 Å². The number of halogens is 1. The summed E-state index contributed by atoms with van der Waals surface area (Å²) in [7, 11) is 0. The Kier molecular flexibility index (Phi) is 5.52. The van der Waals surface area contributed by atoms with Crippen molar-refractivity contribution in [1.29, 1.82) is 5.26 Å². The van der Waals surface area contributed by atoms with Crippen LogP contribution in [0.3, 0.4) is 0 Å². The van der Waals surface area contributed by atoms with Gasteiger partial charge in [0, 0.05) is 13.0 Å². The topological polar surface area (TPSA) is 27.0 Å². The normalized spacial score (nSPS) is 10.4. The lowest BCUT2D eigenvalue weighted by molar-refractivity contribution is 0.277. The zero-order chi connectivity index (χ0) is 11.8. The van der Waals surface area contributed by atoms with Crippen molar-refractivity contribution in [3.8, 4) is 6.07 Å². The summed E-state index contributed by atoms with van der Waals surface area (Å²) < 4.78 is 13.0. The molecule has 0 unspecified atom stereocenters. The summed E-state index contributed by atoms with van der Waals surface area (Å²) in [5, 5.41) is 8.46. The molecule has 0 saturated carbocycles. The average Bonchev–Trinajstić information content (AvgIpc) is 2.28. The Balaban J connectivity index is 2.47. The van der Waals surface area contributed by atoms with Crippen LogP contribution in [0, 0.1) is 17.1 Å². The second-order valence-electron chi connectivity index (χ2n) is 3.76. The van der Waals surface area contributed by atoms with E-state index < -0.39 is 0 Å². The quantitative estimate of drug-likeness (QED) is 0.689. The first-order valence-electron chi connectivity index (χ1n) is 5.60. The van der Waals surface area contributed by atoms with Gasteiger partial charge in [-0.25, -0.2) is 4.39 Å². The third kappa shape index (κ3) is 4.41. The number of unbranched alkanes of at least 4 members (excludes halogenated alkanes) is 1. The maximum atomic E-state index is 13.0. The smallest absolute Gasteiger partial charge is 0.123 e. The Hall–Kier alpha value is -1.40. The van der Waals surface area contributed by atoms with Crippen LogP contribution in [-0.2, 0) is 6.54 Å². The lowest BCUT2D eigenvalue weighted by atomic mass is 10.2. The van der Waals surface area contributed by atoms with E-state index >= 15 is 0 Å². The summed E-state index contributed by atoms with van der Waals surface area (Å²) in [5.74, 6) is -0.189. The standard InChI is InChI=1S/C13H17FN2/c1-2-16(9-4-3-8-15)11-12-6-5-7-13(14)10-12/h5-7,10H,2-4,9,11H2,1H3. The van der Waals surface area contributed by atoms with Gasteiger partial charge in [0.1, 0.15) is 5.82 Å². The van der Waals surface area contributed by atoms with Crippen LogP contribution in [0.5, 0.6) is 0 Å². The molecule has 0 amide bonds. The Bertz CT molecular complexity index is 357. The van der Waals surface area contributed by atoms with Crippen molar-refractivity contribution in [3.63, 3.8) is 0 Å². The number of rotatable bonds is 6. The molecule has 16 heavy (non-hydrogen) atoms. The van der Waals surface area contributed by atoms with Gasteiger partial charge in [0.15, 0.2) is 0 Å². The van der Waals surface area contributed by atoms with E-state index in [4.69, 9.17) is 5.26 Å². The Labute approximate surface area is 96.3 Å². The highest BCUT2D eigenvalue weighted by atomic mass is 19.1. The fraction of sp³-hybridized carbons (Fsp3) is 0.462. The van der Waals surface area contributed by atoms with Crippen molar-refractivity contribution in [1.82, 2.24) is 4.90 Å². The van der Waals surface area contributed by atoms with Crippen LogP contribution in [0.15, 0.2) is 24.3 Å². The molecule has 3 heteroatoms. The molecule has 0 fully saturated rings. The number of nitrogens with zero attached hydrogens (tertiary/aromatic N) is 2. The predicted octanol–water partition coefficient (Wildman–Crippen LogP) is 2.95. The Morgan fingerprint density at radius 2 is 2.25 bits per heavy atom. The van der Waals surface area contributed by atoms with E-state index in [9.17, 15) is 4.39 Å². The van der Waals surface area contributed by atoms with Crippen LogP contribution >= 0.6 is 0 Å². The molecular formula is C13H17FN2. The van der Waals surface area contributed by atoms with Crippen molar-refractivity contribution in [2.75, 3.05) is 13.1 Å².